The minimum absolute atomic E-state index is 0.558. The second-order valence-electron chi connectivity index (χ2n) is 12.2. The highest BCUT2D eigenvalue weighted by molar-refractivity contribution is 5.89. The van der Waals surface area contributed by atoms with E-state index >= 15 is 0 Å². The summed E-state index contributed by atoms with van der Waals surface area (Å²) in [4.78, 5) is 24.1. The van der Waals surface area contributed by atoms with Crippen LogP contribution in [0.15, 0.2) is 194 Å². The molecular weight excluding hydrogens is 645 g/mol. The molecule has 0 amide bonds. The van der Waals surface area contributed by atoms with Gasteiger partial charge >= 0.3 is 11.9 Å². The molecule has 0 saturated carbocycles. The Morgan fingerprint density at radius 3 is 0.615 bits per heavy atom. The van der Waals surface area contributed by atoms with Gasteiger partial charge in [-0.2, -0.15) is 0 Å². The number of aliphatic carboxylic acids is 2. The molecule has 6 rings (SSSR count). The number of hydrogen-bond donors (Lipinski definition) is 2. The smallest absolute Gasteiger partial charge is 0.328 e. The molecule has 6 nitrogen and oxygen atoms in total. The van der Waals surface area contributed by atoms with Gasteiger partial charge in [0.25, 0.3) is 0 Å². The van der Waals surface area contributed by atoms with Crippen molar-refractivity contribution in [3.8, 4) is 0 Å². The Bertz CT molecular complexity index is 1530. The molecule has 0 bridgehead atoms. The topological polar surface area (TPSA) is 81.1 Å². The Hall–Kier alpha value is -6.08. The lowest BCUT2D eigenvalue weighted by Gasteiger charge is -2.23. The molecule has 52 heavy (non-hydrogen) atoms. The number of rotatable bonds is 14. The third-order valence-corrected chi connectivity index (χ3v) is 7.86. The quantitative estimate of drug-likeness (QED) is 0.111. The van der Waals surface area contributed by atoms with Gasteiger partial charge in [0, 0.05) is 51.4 Å². The standard InChI is InChI=1S/2C21H21N.C4H4O4/c2*1-4-10-19(11-5-1)16-22(17-20-12-6-2-7-13-20)18-21-14-8-3-9-15-21;5-3(6)1-2-4(7)8/h2*1-15H,16-18H2;1-2H,(H,5,6)(H,7,8)/b;;2-1-. The lowest BCUT2D eigenvalue weighted by atomic mass is 10.1. The number of carboxylic acids is 2. The summed E-state index contributed by atoms with van der Waals surface area (Å²) in [6.45, 7) is 5.78. The van der Waals surface area contributed by atoms with Crippen molar-refractivity contribution in [1.82, 2.24) is 9.80 Å². The summed E-state index contributed by atoms with van der Waals surface area (Å²) in [6, 6.07) is 64.1. The Morgan fingerprint density at radius 1 is 0.327 bits per heavy atom. The first-order valence-corrected chi connectivity index (χ1v) is 17.2. The molecular formula is C46H46N2O4. The van der Waals surface area contributed by atoms with Crippen LogP contribution in [0.3, 0.4) is 0 Å². The highest BCUT2D eigenvalue weighted by Crippen LogP contribution is 2.15. The molecule has 0 aliphatic rings. The van der Waals surface area contributed by atoms with E-state index in [4.69, 9.17) is 10.2 Å². The predicted molar refractivity (Wildman–Crippen MR) is 209 cm³/mol. The van der Waals surface area contributed by atoms with Crippen molar-refractivity contribution in [3.63, 3.8) is 0 Å². The Morgan fingerprint density at radius 2 is 0.481 bits per heavy atom. The number of hydrogen-bond acceptors (Lipinski definition) is 4. The normalized spacial score (nSPS) is 10.6. The highest BCUT2D eigenvalue weighted by atomic mass is 16.4. The van der Waals surface area contributed by atoms with Crippen molar-refractivity contribution in [3.05, 3.63) is 228 Å². The monoisotopic (exact) mass is 690 g/mol. The summed E-state index contributed by atoms with van der Waals surface area (Å²) >= 11 is 0. The molecule has 0 unspecified atom stereocenters. The van der Waals surface area contributed by atoms with Gasteiger partial charge in [-0.15, -0.1) is 0 Å². The maximum Gasteiger partial charge on any atom is 0.328 e. The Balaban J connectivity index is 0.000000193. The average Bonchev–Trinajstić information content (AvgIpc) is 3.17. The van der Waals surface area contributed by atoms with Crippen LogP contribution in [-0.2, 0) is 48.9 Å². The maximum absolute atomic E-state index is 9.55. The second kappa shape index (κ2) is 22.6. The van der Waals surface area contributed by atoms with Gasteiger partial charge in [-0.1, -0.05) is 182 Å². The zero-order chi connectivity index (χ0) is 36.6. The fourth-order valence-electron chi connectivity index (χ4n) is 5.53. The first-order valence-electron chi connectivity index (χ1n) is 17.2. The van der Waals surface area contributed by atoms with Crippen molar-refractivity contribution in [2.45, 2.75) is 39.3 Å². The molecule has 0 radical (unpaired) electrons. The Kier molecular flexibility index (Phi) is 16.8. The van der Waals surface area contributed by atoms with Crippen molar-refractivity contribution >= 4 is 11.9 Å². The average molecular weight is 691 g/mol. The van der Waals surface area contributed by atoms with Crippen LogP contribution in [-0.4, -0.2) is 32.0 Å². The molecule has 0 aliphatic carbocycles. The van der Waals surface area contributed by atoms with E-state index in [2.05, 4.69) is 192 Å². The van der Waals surface area contributed by atoms with E-state index in [1.807, 2.05) is 0 Å². The predicted octanol–water partition coefficient (Wildman–Crippen LogP) is 9.49. The number of carboxylic acid groups (broad SMARTS) is 2. The summed E-state index contributed by atoms with van der Waals surface area (Å²) < 4.78 is 0. The van der Waals surface area contributed by atoms with Crippen LogP contribution in [0.1, 0.15) is 33.4 Å². The van der Waals surface area contributed by atoms with Crippen LogP contribution >= 0.6 is 0 Å². The van der Waals surface area contributed by atoms with Gasteiger partial charge in [0.1, 0.15) is 0 Å². The van der Waals surface area contributed by atoms with Crippen LogP contribution in [0.25, 0.3) is 0 Å². The van der Waals surface area contributed by atoms with E-state index in [1.54, 1.807) is 0 Å². The number of nitrogens with zero attached hydrogens (tertiary/aromatic N) is 2. The lowest BCUT2D eigenvalue weighted by Crippen LogP contribution is -2.22. The molecule has 0 aromatic heterocycles. The van der Waals surface area contributed by atoms with Gasteiger partial charge in [0.15, 0.2) is 0 Å². The molecule has 0 fully saturated rings. The van der Waals surface area contributed by atoms with Crippen molar-refractivity contribution in [1.29, 1.82) is 0 Å². The third kappa shape index (κ3) is 16.1. The van der Waals surface area contributed by atoms with E-state index in [9.17, 15) is 9.59 Å². The molecule has 0 saturated heterocycles. The SMILES string of the molecule is O=C(O)/C=C\C(=O)O.c1ccc(CN(Cc2ccccc2)Cc2ccccc2)cc1.c1ccc(CN(Cc2ccccc2)Cc2ccccc2)cc1. The van der Waals surface area contributed by atoms with Crippen LogP contribution in [0.4, 0.5) is 0 Å². The van der Waals surface area contributed by atoms with Crippen LogP contribution in [0.2, 0.25) is 0 Å². The van der Waals surface area contributed by atoms with E-state index in [0.29, 0.717) is 12.2 Å². The molecule has 0 heterocycles. The minimum Gasteiger partial charge on any atom is -0.478 e. The molecule has 6 aromatic rings. The molecule has 0 atom stereocenters. The van der Waals surface area contributed by atoms with Gasteiger partial charge in [-0.3, -0.25) is 9.80 Å². The molecule has 0 aliphatic heterocycles. The summed E-state index contributed by atoms with van der Waals surface area (Å²) in [7, 11) is 0. The van der Waals surface area contributed by atoms with Gasteiger partial charge in [-0.05, 0) is 33.4 Å². The summed E-state index contributed by atoms with van der Waals surface area (Å²) in [5.41, 5.74) is 8.14. The molecule has 264 valence electrons. The van der Waals surface area contributed by atoms with E-state index < -0.39 is 11.9 Å². The lowest BCUT2D eigenvalue weighted by molar-refractivity contribution is -0.134. The number of carbonyl (C=O) groups is 2. The van der Waals surface area contributed by atoms with E-state index in [1.165, 1.54) is 33.4 Å². The van der Waals surface area contributed by atoms with E-state index in [-0.39, 0.29) is 0 Å². The molecule has 2 N–H and O–H groups in total. The molecule has 6 aromatic carbocycles. The Labute approximate surface area is 307 Å². The largest absolute Gasteiger partial charge is 0.478 e. The highest BCUT2D eigenvalue weighted by Gasteiger charge is 2.09. The van der Waals surface area contributed by atoms with Crippen molar-refractivity contribution < 1.29 is 19.8 Å². The molecule has 6 heteroatoms. The zero-order valence-electron chi connectivity index (χ0n) is 29.3. The van der Waals surface area contributed by atoms with Gasteiger partial charge in [-0.25, -0.2) is 9.59 Å². The third-order valence-electron chi connectivity index (χ3n) is 7.86. The van der Waals surface area contributed by atoms with Crippen LogP contribution < -0.4 is 0 Å². The minimum atomic E-state index is -1.26. The summed E-state index contributed by atoms with van der Waals surface area (Å²) in [6.07, 6.45) is 1.12. The van der Waals surface area contributed by atoms with Crippen LogP contribution in [0, 0.1) is 0 Å². The first-order chi connectivity index (χ1) is 25.4. The zero-order valence-corrected chi connectivity index (χ0v) is 29.3. The fraction of sp³-hybridized carbons (Fsp3) is 0.130. The van der Waals surface area contributed by atoms with Crippen molar-refractivity contribution in [2.75, 3.05) is 0 Å². The summed E-state index contributed by atoms with van der Waals surface area (Å²) in [5.74, 6) is -2.51. The molecule has 0 spiro atoms. The van der Waals surface area contributed by atoms with Gasteiger partial charge in [0.05, 0.1) is 0 Å². The maximum atomic E-state index is 9.55. The van der Waals surface area contributed by atoms with Gasteiger partial charge < -0.3 is 10.2 Å². The van der Waals surface area contributed by atoms with E-state index in [0.717, 1.165) is 39.3 Å². The second-order valence-corrected chi connectivity index (χ2v) is 12.2. The van der Waals surface area contributed by atoms with Crippen LogP contribution in [0.5, 0.6) is 0 Å². The first kappa shape index (κ1) is 38.7. The van der Waals surface area contributed by atoms with Gasteiger partial charge in [0.2, 0.25) is 0 Å². The summed E-state index contributed by atoms with van der Waals surface area (Å²) in [5, 5.41) is 15.6. The fourth-order valence-corrected chi connectivity index (χ4v) is 5.53. The van der Waals surface area contributed by atoms with Crippen molar-refractivity contribution in [2.24, 2.45) is 0 Å². The number of benzene rings is 6.